The van der Waals surface area contributed by atoms with Gasteiger partial charge in [0.2, 0.25) is 0 Å². The van der Waals surface area contributed by atoms with Crippen LogP contribution in [0.2, 0.25) is 0 Å². The van der Waals surface area contributed by atoms with E-state index in [4.69, 9.17) is 4.74 Å². The zero-order chi connectivity index (χ0) is 20.6. The number of nitrogens with zero attached hydrogens (tertiary/aromatic N) is 2. The van der Waals surface area contributed by atoms with Gasteiger partial charge in [0, 0.05) is 26.7 Å². The van der Waals surface area contributed by atoms with Gasteiger partial charge in [-0.1, -0.05) is 24.3 Å². The number of hydrogen-bond acceptors (Lipinski definition) is 4. The first-order chi connectivity index (χ1) is 13.3. The largest absolute Gasteiger partial charge is 0.469 e. The number of ether oxygens (including phenoxy) is 2. The van der Waals surface area contributed by atoms with Gasteiger partial charge in [0.05, 0.1) is 19.6 Å². The van der Waals surface area contributed by atoms with Gasteiger partial charge in [-0.15, -0.1) is 24.0 Å². The summed E-state index contributed by atoms with van der Waals surface area (Å²) in [6, 6.07) is 7.18. The molecular weight excluding hydrogens is 502 g/mol. The number of carbonyl (C=O) groups is 1. The fourth-order valence-electron chi connectivity index (χ4n) is 3.05. The smallest absolute Gasteiger partial charge is 0.411 e. The molecule has 1 aromatic rings. The van der Waals surface area contributed by atoms with Gasteiger partial charge in [0.1, 0.15) is 6.61 Å². The Morgan fingerprint density at radius 3 is 2.31 bits per heavy atom. The van der Waals surface area contributed by atoms with Gasteiger partial charge in [0.15, 0.2) is 5.96 Å². The van der Waals surface area contributed by atoms with Crippen LogP contribution in [0, 0.1) is 5.92 Å². The summed E-state index contributed by atoms with van der Waals surface area (Å²) in [6.07, 6.45) is -2.87. The number of guanidine groups is 1. The number of rotatable bonds is 6. The Morgan fingerprint density at radius 2 is 1.79 bits per heavy atom. The fourth-order valence-corrected chi connectivity index (χ4v) is 3.05. The number of hydrogen-bond donors (Lipinski definition) is 1. The lowest BCUT2D eigenvalue weighted by atomic mass is 9.97. The monoisotopic (exact) mass is 529 g/mol. The average Bonchev–Trinajstić information content (AvgIpc) is 2.68. The number of alkyl halides is 3. The number of methoxy groups -OCH3 is 1. The number of carbonyl (C=O) groups excluding carboxylic acids is 1. The lowest BCUT2D eigenvalue weighted by molar-refractivity contribution is -0.176. The Balaban J connectivity index is 0.00000420. The molecule has 1 saturated heterocycles. The van der Waals surface area contributed by atoms with E-state index in [9.17, 15) is 18.0 Å². The van der Waals surface area contributed by atoms with Gasteiger partial charge < -0.3 is 19.7 Å². The Kier molecular flexibility index (Phi) is 10.7. The minimum absolute atomic E-state index is 0. The maximum absolute atomic E-state index is 12.1. The third-order valence-electron chi connectivity index (χ3n) is 4.55. The Hall–Kier alpha value is -1.56. The van der Waals surface area contributed by atoms with Crippen LogP contribution in [-0.4, -0.2) is 56.9 Å². The molecule has 0 saturated carbocycles. The van der Waals surface area contributed by atoms with Crippen LogP contribution in [0.5, 0.6) is 0 Å². The molecule has 2 rings (SSSR count). The van der Waals surface area contributed by atoms with E-state index in [1.54, 1.807) is 19.2 Å². The summed E-state index contributed by atoms with van der Waals surface area (Å²) in [5, 5.41) is 3.28. The van der Waals surface area contributed by atoms with Crippen molar-refractivity contribution in [2.45, 2.75) is 32.2 Å². The highest BCUT2D eigenvalue weighted by Crippen LogP contribution is 2.19. The number of aliphatic imine (C=N–C) groups is 1. The van der Waals surface area contributed by atoms with Crippen molar-refractivity contribution >= 4 is 35.9 Å². The molecule has 29 heavy (non-hydrogen) atoms. The van der Waals surface area contributed by atoms with Gasteiger partial charge >= 0.3 is 12.1 Å². The molecule has 1 aliphatic heterocycles. The van der Waals surface area contributed by atoms with E-state index in [1.807, 2.05) is 12.1 Å². The highest BCUT2D eigenvalue weighted by Gasteiger charge is 2.28. The van der Waals surface area contributed by atoms with Gasteiger partial charge in [-0.25, -0.2) is 0 Å². The van der Waals surface area contributed by atoms with Gasteiger partial charge in [0.25, 0.3) is 0 Å². The molecule has 1 aromatic carbocycles. The molecule has 1 N–H and O–H groups in total. The summed E-state index contributed by atoms with van der Waals surface area (Å²) in [6.45, 7) is 0.639. The quantitative estimate of drug-likeness (QED) is 0.265. The minimum atomic E-state index is -4.31. The van der Waals surface area contributed by atoms with Gasteiger partial charge in [-0.2, -0.15) is 13.2 Å². The standard InChI is InChI=1S/C19H26F3N3O3.HI/c1-23-18(25-9-7-16(8-10-25)17(26)27-2)24-11-14-3-5-15(6-4-14)12-28-13-19(20,21)22;/h3-6,16H,7-13H2,1-2H3,(H,23,24);1H. The highest BCUT2D eigenvalue weighted by molar-refractivity contribution is 14.0. The predicted molar refractivity (Wildman–Crippen MR) is 114 cm³/mol. The molecule has 164 valence electrons. The molecule has 1 fully saturated rings. The van der Waals surface area contributed by atoms with Crippen molar-refractivity contribution in [1.29, 1.82) is 0 Å². The maximum Gasteiger partial charge on any atom is 0.411 e. The van der Waals surface area contributed by atoms with Crippen molar-refractivity contribution in [3.63, 3.8) is 0 Å². The number of halogens is 4. The van der Waals surface area contributed by atoms with Crippen molar-refractivity contribution in [2.75, 3.05) is 33.9 Å². The molecule has 0 spiro atoms. The average molecular weight is 529 g/mol. The van der Waals surface area contributed by atoms with Crippen LogP contribution < -0.4 is 5.32 Å². The van der Waals surface area contributed by atoms with Gasteiger partial charge in [-0.05, 0) is 24.0 Å². The van der Waals surface area contributed by atoms with Crippen molar-refractivity contribution in [2.24, 2.45) is 10.9 Å². The molecule has 6 nitrogen and oxygen atoms in total. The number of likely N-dealkylation sites (tertiary alicyclic amines) is 1. The first-order valence-electron chi connectivity index (χ1n) is 9.08. The van der Waals surface area contributed by atoms with Crippen molar-refractivity contribution in [3.8, 4) is 0 Å². The zero-order valence-electron chi connectivity index (χ0n) is 16.5. The summed E-state index contributed by atoms with van der Waals surface area (Å²) in [4.78, 5) is 18.0. The molecule has 0 aliphatic carbocycles. The minimum Gasteiger partial charge on any atom is -0.469 e. The summed E-state index contributed by atoms with van der Waals surface area (Å²) in [5.74, 6) is 0.522. The molecular formula is C19H27F3IN3O3. The predicted octanol–water partition coefficient (Wildman–Crippen LogP) is 3.34. The van der Waals surface area contributed by atoms with Crippen LogP contribution in [0.1, 0.15) is 24.0 Å². The van der Waals surface area contributed by atoms with Crippen molar-refractivity contribution in [3.05, 3.63) is 35.4 Å². The SMILES string of the molecule is CN=C(NCc1ccc(COCC(F)(F)F)cc1)N1CCC(C(=O)OC)CC1.I. The topological polar surface area (TPSA) is 63.2 Å². The van der Waals surface area contributed by atoms with E-state index in [0.29, 0.717) is 12.1 Å². The first kappa shape index (κ1) is 25.5. The maximum atomic E-state index is 12.1. The van der Waals surface area contributed by atoms with Crippen LogP contribution in [0.25, 0.3) is 0 Å². The molecule has 10 heteroatoms. The summed E-state index contributed by atoms with van der Waals surface area (Å²) >= 11 is 0. The molecule has 0 amide bonds. The Labute approximate surface area is 185 Å². The van der Waals surface area contributed by atoms with Crippen LogP contribution in [0.15, 0.2) is 29.3 Å². The third kappa shape index (κ3) is 8.77. The summed E-state index contributed by atoms with van der Waals surface area (Å²) in [5.41, 5.74) is 1.66. The molecule has 0 unspecified atom stereocenters. The lowest BCUT2D eigenvalue weighted by Gasteiger charge is -2.33. The summed E-state index contributed by atoms with van der Waals surface area (Å²) < 4.78 is 45.7. The van der Waals surface area contributed by atoms with Crippen LogP contribution in [0.3, 0.4) is 0 Å². The first-order valence-corrected chi connectivity index (χ1v) is 9.08. The second kappa shape index (κ2) is 12.2. The Bertz CT molecular complexity index is 661. The van der Waals surface area contributed by atoms with E-state index < -0.39 is 12.8 Å². The van der Waals surface area contributed by atoms with E-state index >= 15 is 0 Å². The molecule has 0 bridgehead atoms. The zero-order valence-corrected chi connectivity index (χ0v) is 18.8. The van der Waals surface area contributed by atoms with Gasteiger partial charge in [-0.3, -0.25) is 9.79 Å². The number of nitrogens with one attached hydrogen (secondary N) is 1. The van der Waals surface area contributed by atoms with Crippen LogP contribution >= 0.6 is 24.0 Å². The lowest BCUT2D eigenvalue weighted by Crippen LogP contribution is -2.46. The molecule has 0 radical (unpaired) electrons. The molecule has 0 aromatic heterocycles. The Morgan fingerprint density at radius 1 is 1.21 bits per heavy atom. The van der Waals surface area contributed by atoms with Crippen LogP contribution in [0.4, 0.5) is 13.2 Å². The van der Waals surface area contributed by atoms with E-state index in [-0.39, 0.29) is 42.5 Å². The van der Waals surface area contributed by atoms with E-state index in [2.05, 4.69) is 19.9 Å². The third-order valence-corrected chi connectivity index (χ3v) is 4.55. The fraction of sp³-hybridized carbons (Fsp3) is 0.579. The van der Waals surface area contributed by atoms with Crippen molar-refractivity contribution < 1.29 is 27.4 Å². The second-order valence-corrected chi connectivity index (χ2v) is 6.61. The molecule has 1 aliphatic rings. The molecule has 1 heterocycles. The molecule has 0 atom stereocenters. The van der Waals surface area contributed by atoms with E-state index in [1.165, 1.54) is 7.11 Å². The summed E-state index contributed by atoms with van der Waals surface area (Å²) in [7, 11) is 3.11. The number of esters is 1. The van der Waals surface area contributed by atoms with Crippen LogP contribution in [-0.2, 0) is 27.4 Å². The normalized spacial score (nSPS) is 15.6. The number of piperidine rings is 1. The van der Waals surface area contributed by atoms with E-state index in [0.717, 1.165) is 37.5 Å². The van der Waals surface area contributed by atoms with Crippen molar-refractivity contribution in [1.82, 2.24) is 10.2 Å². The number of benzene rings is 1. The second-order valence-electron chi connectivity index (χ2n) is 6.61. The highest BCUT2D eigenvalue weighted by atomic mass is 127.